The Morgan fingerprint density at radius 2 is 1.96 bits per heavy atom. The summed E-state index contributed by atoms with van der Waals surface area (Å²) < 4.78 is 13.2. The highest BCUT2D eigenvalue weighted by Gasteiger charge is 2.21. The van der Waals surface area contributed by atoms with Gasteiger partial charge in [-0.3, -0.25) is 0 Å². The number of thioether (sulfide) groups is 1. The molecule has 27 heavy (non-hydrogen) atoms. The number of aliphatic hydroxyl groups excluding tert-OH is 1. The van der Waals surface area contributed by atoms with Crippen LogP contribution in [0.1, 0.15) is 19.4 Å². The first-order valence-electron chi connectivity index (χ1n) is 8.55. The Hall–Kier alpha value is -1.97. The standard InChI is InChI=1S/C18H22FN5OS2/c1-18(2,11-25)24-15-13-14(21-16(27-13)20-9-8-19)22-17(23-15)26-10-12-6-4-3-5-7-12/h3-7,25H,8-11H2,1-2H3,(H2,20,21,22,23,24). The normalized spacial score (nSPS) is 11.7. The van der Waals surface area contributed by atoms with Crippen LogP contribution >= 0.6 is 23.1 Å². The molecule has 0 amide bonds. The molecule has 144 valence electrons. The Morgan fingerprint density at radius 3 is 2.67 bits per heavy atom. The molecule has 0 atom stereocenters. The van der Waals surface area contributed by atoms with Crippen LogP contribution in [0, 0.1) is 0 Å². The SMILES string of the molecule is CC(C)(CO)Nc1nc(SCc2ccccc2)nc2nc(NCCF)sc12. The monoisotopic (exact) mass is 407 g/mol. The fraction of sp³-hybridized carbons (Fsp3) is 0.389. The van der Waals surface area contributed by atoms with E-state index in [-0.39, 0.29) is 13.2 Å². The number of hydrogen-bond donors (Lipinski definition) is 3. The van der Waals surface area contributed by atoms with Gasteiger partial charge in [0.1, 0.15) is 11.4 Å². The van der Waals surface area contributed by atoms with Gasteiger partial charge >= 0.3 is 0 Å². The number of hydrogen-bond acceptors (Lipinski definition) is 8. The molecule has 1 aromatic carbocycles. The maximum Gasteiger partial charge on any atom is 0.191 e. The summed E-state index contributed by atoms with van der Waals surface area (Å²) in [6.45, 7) is 3.47. The van der Waals surface area contributed by atoms with Crippen molar-refractivity contribution in [2.75, 3.05) is 30.5 Å². The third-order valence-electron chi connectivity index (χ3n) is 3.67. The van der Waals surface area contributed by atoms with Crippen molar-refractivity contribution in [1.29, 1.82) is 0 Å². The zero-order chi connectivity index (χ0) is 19.3. The first kappa shape index (κ1) is 19.8. The number of aliphatic hydroxyl groups is 1. The summed E-state index contributed by atoms with van der Waals surface area (Å²) in [4.78, 5) is 13.6. The molecule has 0 aliphatic heterocycles. The number of aromatic nitrogens is 3. The van der Waals surface area contributed by atoms with E-state index in [1.54, 1.807) is 0 Å². The summed E-state index contributed by atoms with van der Waals surface area (Å²) in [5.74, 6) is 1.37. The van der Waals surface area contributed by atoms with Crippen LogP contribution < -0.4 is 10.6 Å². The van der Waals surface area contributed by atoms with Gasteiger partial charge in [-0.05, 0) is 19.4 Å². The minimum atomic E-state index is -0.542. The smallest absolute Gasteiger partial charge is 0.191 e. The van der Waals surface area contributed by atoms with E-state index in [0.717, 1.165) is 10.5 Å². The molecule has 0 aliphatic carbocycles. The van der Waals surface area contributed by atoms with E-state index in [4.69, 9.17) is 0 Å². The Morgan fingerprint density at radius 1 is 1.19 bits per heavy atom. The van der Waals surface area contributed by atoms with Crippen LogP contribution in [0.2, 0.25) is 0 Å². The van der Waals surface area contributed by atoms with Crippen LogP contribution in [0.15, 0.2) is 35.5 Å². The number of alkyl halides is 1. The molecule has 2 heterocycles. The molecule has 3 rings (SSSR count). The van der Waals surface area contributed by atoms with Gasteiger partial charge in [-0.2, -0.15) is 4.98 Å². The average Bonchev–Trinajstić information content (AvgIpc) is 3.08. The van der Waals surface area contributed by atoms with Crippen LogP contribution in [0.5, 0.6) is 0 Å². The molecular formula is C18H22FN5OS2. The van der Waals surface area contributed by atoms with Crippen LogP contribution in [0.25, 0.3) is 10.3 Å². The number of rotatable bonds is 9. The molecule has 6 nitrogen and oxygen atoms in total. The molecule has 0 bridgehead atoms. The molecular weight excluding hydrogens is 385 g/mol. The van der Waals surface area contributed by atoms with Gasteiger partial charge in [0.05, 0.1) is 12.1 Å². The Bertz CT molecular complexity index is 888. The third-order valence-corrected chi connectivity index (χ3v) is 5.59. The van der Waals surface area contributed by atoms with Crippen molar-refractivity contribution in [3.63, 3.8) is 0 Å². The lowest BCUT2D eigenvalue weighted by Crippen LogP contribution is -2.35. The van der Waals surface area contributed by atoms with E-state index >= 15 is 0 Å². The second-order valence-corrected chi connectivity index (χ2v) is 8.53. The quantitative estimate of drug-likeness (QED) is 0.366. The number of halogens is 1. The first-order chi connectivity index (χ1) is 13.0. The summed E-state index contributed by atoms with van der Waals surface area (Å²) in [7, 11) is 0. The van der Waals surface area contributed by atoms with Gasteiger partial charge in [-0.25, -0.2) is 14.4 Å². The summed E-state index contributed by atoms with van der Waals surface area (Å²) in [5.41, 5.74) is 1.20. The minimum Gasteiger partial charge on any atom is -0.394 e. The summed E-state index contributed by atoms with van der Waals surface area (Å²) in [6.07, 6.45) is 0. The molecule has 2 aromatic heterocycles. The van der Waals surface area contributed by atoms with Crippen molar-refractivity contribution >= 4 is 44.4 Å². The number of anilines is 2. The van der Waals surface area contributed by atoms with Crippen molar-refractivity contribution in [3.05, 3.63) is 35.9 Å². The predicted octanol–water partition coefficient (Wildman–Crippen LogP) is 3.94. The van der Waals surface area contributed by atoms with Gasteiger partial charge in [0.15, 0.2) is 21.8 Å². The highest BCUT2D eigenvalue weighted by molar-refractivity contribution is 7.98. The van der Waals surface area contributed by atoms with E-state index < -0.39 is 12.2 Å². The van der Waals surface area contributed by atoms with Gasteiger partial charge in [-0.1, -0.05) is 53.4 Å². The zero-order valence-electron chi connectivity index (χ0n) is 15.2. The molecule has 0 unspecified atom stereocenters. The lowest BCUT2D eigenvalue weighted by molar-refractivity contribution is 0.234. The fourth-order valence-electron chi connectivity index (χ4n) is 2.27. The fourth-order valence-corrected chi connectivity index (χ4v) is 3.94. The maximum absolute atomic E-state index is 12.5. The van der Waals surface area contributed by atoms with Crippen LogP contribution in [0.3, 0.4) is 0 Å². The average molecular weight is 408 g/mol. The van der Waals surface area contributed by atoms with Gasteiger partial charge in [-0.15, -0.1) is 0 Å². The predicted molar refractivity (Wildman–Crippen MR) is 110 cm³/mol. The number of nitrogens with one attached hydrogen (secondary N) is 2. The lowest BCUT2D eigenvalue weighted by Gasteiger charge is -2.24. The zero-order valence-corrected chi connectivity index (χ0v) is 16.8. The molecule has 3 N–H and O–H groups in total. The second kappa shape index (κ2) is 8.81. The topological polar surface area (TPSA) is 83.0 Å². The number of fused-ring (bicyclic) bond motifs is 1. The van der Waals surface area contributed by atoms with Gasteiger partial charge < -0.3 is 15.7 Å². The first-order valence-corrected chi connectivity index (χ1v) is 10.3. The van der Waals surface area contributed by atoms with E-state index in [9.17, 15) is 9.50 Å². The van der Waals surface area contributed by atoms with E-state index in [1.165, 1.54) is 28.7 Å². The summed E-state index contributed by atoms with van der Waals surface area (Å²) in [6, 6.07) is 10.1. The van der Waals surface area contributed by atoms with Crippen molar-refractivity contribution in [2.45, 2.75) is 30.3 Å². The van der Waals surface area contributed by atoms with Crippen LogP contribution in [-0.4, -0.2) is 45.4 Å². The number of nitrogens with zero attached hydrogens (tertiary/aromatic N) is 3. The van der Waals surface area contributed by atoms with Crippen molar-refractivity contribution in [2.24, 2.45) is 0 Å². The molecule has 0 saturated carbocycles. The highest BCUT2D eigenvalue weighted by Crippen LogP contribution is 2.33. The van der Waals surface area contributed by atoms with Gasteiger partial charge in [0.2, 0.25) is 0 Å². The van der Waals surface area contributed by atoms with E-state index in [2.05, 4.69) is 37.7 Å². The molecule has 9 heteroatoms. The Labute approximate surface area is 165 Å². The van der Waals surface area contributed by atoms with E-state index in [1.807, 2.05) is 32.0 Å². The second-order valence-electron chi connectivity index (χ2n) is 6.58. The van der Waals surface area contributed by atoms with Crippen molar-refractivity contribution < 1.29 is 9.50 Å². The van der Waals surface area contributed by atoms with Crippen molar-refractivity contribution in [3.8, 4) is 0 Å². The number of benzene rings is 1. The Balaban J connectivity index is 1.91. The van der Waals surface area contributed by atoms with Gasteiger partial charge in [0.25, 0.3) is 0 Å². The highest BCUT2D eigenvalue weighted by atomic mass is 32.2. The lowest BCUT2D eigenvalue weighted by atomic mass is 10.1. The minimum absolute atomic E-state index is 0.0449. The number of thiazole rings is 1. The summed E-state index contributed by atoms with van der Waals surface area (Å²) in [5, 5.41) is 17.0. The molecule has 0 fully saturated rings. The Kier molecular flexibility index (Phi) is 6.46. The molecule has 0 aliphatic rings. The van der Waals surface area contributed by atoms with Crippen LogP contribution in [-0.2, 0) is 5.75 Å². The molecule has 0 saturated heterocycles. The summed E-state index contributed by atoms with van der Waals surface area (Å²) >= 11 is 2.89. The molecule has 3 aromatic rings. The third kappa shape index (κ3) is 5.27. The van der Waals surface area contributed by atoms with Gasteiger partial charge in [0, 0.05) is 12.3 Å². The van der Waals surface area contributed by atoms with Crippen molar-refractivity contribution in [1.82, 2.24) is 15.0 Å². The largest absolute Gasteiger partial charge is 0.394 e. The van der Waals surface area contributed by atoms with E-state index in [0.29, 0.717) is 21.8 Å². The van der Waals surface area contributed by atoms with Crippen LogP contribution in [0.4, 0.5) is 15.3 Å². The molecule has 0 radical (unpaired) electrons. The molecule has 0 spiro atoms. The maximum atomic E-state index is 12.5.